The van der Waals surface area contributed by atoms with Crippen LogP contribution in [0.15, 0.2) is 69.1 Å². The van der Waals surface area contributed by atoms with E-state index in [1.54, 1.807) is 7.11 Å². The van der Waals surface area contributed by atoms with E-state index in [0.717, 1.165) is 23.3 Å². The summed E-state index contributed by atoms with van der Waals surface area (Å²) in [5.74, 6) is 2.15. The number of benzene rings is 2. The highest BCUT2D eigenvalue weighted by molar-refractivity contribution is 7.98. The average molecular weight is 420 g/mol. The van der Waals surface area contributed by atoms with Gasteiger partial charge in [0.1, 0.15) is 5.75 Å². The number of thioether (sulfide) groups is 1. The summed E-state index contributed by atoms with van der Waals surface area (Å²) in [5.41, 5.74) is 3.36. The molecule has 30 heavy (non-hydrogen) atoms. The Balaban J connectivity index is 1.48. The lowest BCUT2D eigenvalue weighted by Crippen LogP contribution is -2.08. The van der Waals surface area contributed by atoms with Crippen LogP contribution in [-0.4, -0.2) is 27.2 Å². The molecule has 0 bridgehead atoms. The SMILES string of the molecule is CCc1ccc(-c2noc(CSc3nc(-c4ccc(OC)cc4)cc(=O)[nH]3)n2)cc1. The highest BCUT2D eigenvalue weighted by Gasteiger charge is 2.11. The maximum Gasteiger partial charge on any atom is 0.252 e. The summed E-state index contributed by atoms with van der Waals surface area (Å²) in [6.45, 7) is 2.11. The fourth-order valence-electron chi connectivity index (χ4n) is 2.86. The molecule has 0 amide bonds. The number of aromatic nitrogens is 4. The van der Waals surface area contributed by atoms with E-state index in [1.807, 2.05) is 36.4 Å². The minimum absolute atomic E-state index is 0.222. The molecule has 1 N–H and O–H groups in total. The van der Waals surface area contributed by atoms with Crippen LogP contribution in [0.3, 0.4) is 0 Å². The monoisotopic (exact) mass is 420 g/mol. The molecule has 0 saturated heterocycles. The van der Waals surface area contributed by atoms with Gasteiger partial charge in [-0.1, -0.05) is 48.1 Å². The van der Waals surface area contributed by atoms with Crippen molar-refractivity contribution in [1.82, 2.24) is 20.1 Å². The van der Waals surface area contributed by atoms with Gasteiger partial charge in [0.25, 0.3) is 5.56 Å². The number of hydrogen-bond donors (Lipinski definition) is 1. The molecule has 0 aliphatic carbocycles. The summed E-state index contributed by atoms with van der Waals surface area (Å²) in [7, 11) is 1.61. The van der Waals surface area contributed by atoms with E-state index in [1.165, 1.54) is 23.4 Å². The number of rotatable bonds is 7. The van der Waals surface area contributed by atoms with Crippen molar-refractivity contribution in [3.63, 3.8) is 0 Å². The predicted octanol–water partition coefficient (Wildman–Crippen LogP) is 4.35. The van der Waals surface area contributed by atoms with Crippen LogP contribution in [0.5, 0.6) is 5.75 Å². The summed E-state index contributed by atoms with van der Waals surface area (Å²) >= 11 is 1.33. The molecule has 152 valence electrons. The number of aryl methyl sites for hydroxylation is 1. The van der Waals surface area contributed by atoms with E-state index in [4.69, 9.17) is 9.26 Å². The Labute approximate surface area is 177 Å². The van der Waals surface area contributed by atoms with Crippen molar-refractivity contribution in [2.24, 2.45) is 0 Å². The Hall–Kier alpha value is -3.39. The summed E-state index contributed by atoms with van der Waals surface area (Å²) < 4.78 is 10.5. The van der Waals surface area contributed by atoms with Crippen molar-refractivity contribution in [3.05, 3.63) is 76.4 Å². The highest BCUT2D eigenvalue weighted by atomic mass is 32.2. The summed E-state index contributed by atoms with van der Waals surface area (Å²) in [6, 6.07) is 16.9. The second-order valence-electron chi connectivity index (χ2n) is 6.52. The van der Waals surface area contributed by atoms with Crippen LogP contribution in [0.1, 0.15) is 18.4 Å². The zero-order valence-electron chi connectivity index (χ0n) is 16.6. The van der Waals surface area contributed by atoms with Crippen molar-refractivity contribution in [3.8, 4) is 28.4 Å². The molecule has 4 aromatic rings. The van der Waals surface area contributed by atoms with Gasteiger partial charge >= 0.3 is 0 Å². The maximum absolute atomic E-state index is 12.1. The number of methoxy groups -OCH3 is 1. The number of ether oxygens (including phenoxy) is 1. The van der Waals surface area contributed by atoms with Crippen molar-refractivity contribution < 1.29 is 9.26 Å². The average Bonchev–Trinajstić information content (AvgIpc) is 3.26. The zero-order valence-corrected chi connectivity index (χ0v) is 17.4. The van der Waals surface area contributed by atoms with E-state index in [0.29, 0.717) is 28.3 Å². The quantitative estimate of drug-likeness (QED) is 0.351. The van der Waals surface area contributed by atoms with Crippen molar-refractivity contribution in [2.75, 3.05) is 7.11 Å². The first-order valence-corrected chi connectivity index (χ1v) is 10.4. The summed E-state index contributed by atoms with van der Waals surface area (Å²) in [5, 5.41) is 4.54. The third kappa shape index (κ3) is 4.60. The third-order valence-corrected chi connectivity index (χ3v) is 5.38. The normalized spacial score (nSPS) is 10.9. The maximum atomic E-state index is 12.1. The molecule has 7 nitrogen and oxygen atoms in total. The molecular formula is C22H20N4O3S. The Morgan fingerprint density at radius 2 is 1.77 bits per heavy atom. The van der Waals surface area contributed by atoms with Gasteiger partial charge in [-0.15, -0.1) is 0 Å². The first-order chi connectivity index (χ1) is 14.6. The molecule has 2 aromatic carbocycles. The van der Waals surface area contributed by atoms with Crippen LogP contribution >= 0.6 is 11.8 Å². The number of H-pyrrole nitrogens is 1. The predicted molar refractivity (Wildman–Crippen MR) is 116 cm³/mol. The Bertz CT molecular complexity index is 1180. The van der Waals surface area contributed by atoms with Gasteiger partial charge in [0, 0.05) is 17.2 Å². The fraction of sp³-hybridized carbons (Fsp3) is 0.182. The first-order valence-electron chi connectivity index (χ1n) is 9.45. The van der Waals surface area contributed by atoms with Crippen LogP contribution in [-0.2, 0) is 12.2 Å². The minimum atomic E-state index is -0.222. The smallest absolute Gasteiger partial charge is 0.252 e. The molecule has 4 rings (SSSR count). The lowest BCUT2D eigenvalue weighted by molar-refractivity contribution is 0.391. The van der Waals surface area contributed by atoms with E-state index in [9.17, 15) is 4.79 Å². The van der Waals surface area contributed by atoms with Gasteiger partial charge < -0.3 is 14.2 Å². The van der Waals surface area contributed by atoms with Crippen LogP contribution in [0.25, 0.3) is 22.6 Å². The molecule has 0 atom stereocenters. The van der Waals surface area contributed by atoms with Crippen molar-refractivity contribution in [1.29, 1.82) is 0 Å². The molecule has 0 aliphatic rings. The highest BCUT2D eigenvalue weighted by Crippen LogP contribution is 2.24. The zero-order chi connectivity index (χ0) is 20.9. The second-order valence-corrected chi connectivity index (χ2v) is 7.48. The van der Waals surface area contributed by atoms with E-state index in [-0.39, 0.29) is 5.56 Å². The standard InChI is InChI=1S/C22H20N4O3S/c1-3-14-4-6-16(7-5-14)21-25-20(29-26-21)13-30-22-23-18(12-19(27)24-22)15-8-10-17(28-2)11-9-15/h4-12H,3,13H2,1-2H3,(H,23,24,27). The number of nitrogens with one attached hydrogen (secondary N) is 1. The second kappa shape index (κ2) is 8.96. The van der Waals surface area contributed by atoms with Crippen LogP contribution in [0, 0.1) is 0 Å². The Morgan fingerprint density at radius 3 is 2.47 bits per heavy atom. The van der Waals surface area contributed by atoms with Gasteiger partial charge in [-0.2, -0.15) is 4.98 Å². The molecule has 0 unspecified atom stereocenters. The molecular weight excluding hydrogens is 400 g/mol. The summed E-state index contributed by atoms with van der Waals surface area (Å²) in [6.07, 6.45) is 0.981. The Morgan fingerprint density at radius 1 is 1.03 bits per heavy atom. The number of aromatic amines is 1. The number of hydrogen-bond acceptors (Lipinski definition) is 7. The summed E-state index contributed by atoms with van der Waals surface area (Å²) in [4.78, 5) is 23.8. The minimum Gasteiger partial charge on any atom is -0.497 e. The molecule has 0 saturated carbocycles. The Kier molecular flexibility index (Phi) is 5.94. The van der Waals surface area contributed by atoms with E-state index in [2.05, 4.69) is 39.2 Å². The molecule has 0 fully saturated rings. The third-order valence-electron chi connectivity index (χ3n) is 4.53. The van der Waals surface area contributed by atoms with E-state index >= 15 is 0 Å². The van der Waals surface area contributed by atoms with Gasteiger partial charge in [0.2, 0.25) is 11.7 Å². The lowest BCUT2D eigenvalue weighted by Gasteiger charge is -2.04. The van der Waals surface area contributed by atoms with Gasteiger partial charge in [-0.3, -0.25) is 4.79 Å². The molecule has 8 heteroatoms. The van der Waals surface area contributed by atoms with Gasteiger partial charge in [-0.25, -0.2) is 4.98 Å². The molecule has 2 heterocycles. The van der Waals surface area contributed by atoms with Gasteiger partial charge in [0.05, 0.1) is 18.6 Å². The van der Waals surface area contributed by atoms with Crippen molar-refractivity contribution in [2.45, 2.75) is 24.3 Å². The lowest BCUT2D eigenvalue weighted by atomic mass is 10.1. The van der Waals surface area contributed by atoms with Crippen LogP contribution in [0.2, 0.25) is 0 Å². The van der Waals surface area contributed by atoms with Gasteiger partial charge in [-0.05, 0) is 36.2 Å². The van der Waals surface area contributed by atoms with Crippen LogP contribution in [0.4, 0.5) is 0 Å². The molecule has 2 aromatic heterocycles. The number of nitrogens with zero attached hydrogens (tertiary/aromatic N) is 3. The fourth-order valence-corrected chi connectivity index (χ4v) is 3.58. The molecule has 0 aliphatic heterocycles. The van der Waals surface area contributed by atoms with Crippen molar-refractivity contribution >= 4 is 11.8 Å². The molecule has 0 spiro atoms. The first kappa shape index (κ1) is 19.9. The topological polar surface area (TPSA) is 93.9 Å². The largest absolute Gasteiger partial charge is 0.497 e. The van der Waals surface area contributed by atoms with Gasteiger partial charge in [0.15, 0.2) is 5.16 Å². The molecule has 0 radical (unpaired) electrons. The van der Waals surface area contributed by atoms with E-state index < -0.39 is 0 Å². The van der Waals surface area contributed by atoms with Crippen LogP contribution < -0.4 is 10.3 Å².